The minimum atomic E-state index is -1.17. The Bertz CT molecular complexity index is 497. The zero-order chi connectivity index (χ0) is 16.4. The summed E-state index contributed by atoms with van der Waals surface area (Å²) in [5, 5.41) is 20.4. The fourth-order valence-electron chi connectivity index (χ4n) is 1.91. The highest BCUT2D eigenvalue weighted by Crippen LogP contribution is 2.25. The number of ether oxygens (including phenoxy) is 2. The van der Waals surface area contributed by atoms with E-state index in [2.05, 4.69) is 4.98 Å². The molecule has 0 amide bonds. The fourth-order valence-corrected chi connectivity index (χ4v) is 1.91. The van der Waals surface area contributed by atoms with Crippen molar-refractivity contribution in [3.05, 3.63) is 18.3 Å². The summed E-state index contributed by atoms with van der Waals surface area (Å²) >= 11 is 0. The molecule has 1 fully saturated rings. The summed E-state index contributed by atoms with van der Waals surface area (Å²) in [6.07, 6.45) is 2.38. The molecule has 0 radical (unpaired) electrons. The molecule has 0 aromatic carbocycles. The zero-order valence-corrected chi connectivity index (χ0v) is 13.6. The van der Waals surface area contributed by atoms with Crippen LogP contribution in [0.2, 0.25) is 0 Å². The Morgan fingerprint density at radius 2 is 2.09 bits per heavy atom. The lowest BCUT2D eigenvalue weighted by molar-refractivity contribution is -0.0982. The Labute approximate surface area is 131 Å². The molecule has 1 aliphatic rings. The number of rotatable bonds is 6. The predicted molar refractivity (Wildman–Crippen MR) is 83.2 cm³/mol. The van der Waals surface area contributed by atoms with Crippen LogP contribution >= 0.6 is 0 Å². The molecule has 1 atom stereocenters. The lowest BCUT2D eigenvalue weighted by atomic mass is 9.77. The molecule has 6 nitrogen and oxygen atoms in total. The molecule has 2 rings (SSSR count). The van der Waals surface area contributed by atoms with Crippen molar-refractivity contribution in [3.8, 4) is 5.88 Å². The van der Waals surface area contributed by atoms with Crippen LogP contribution in [0.1, 0.15) is 34.1 Å². The van der Waals surface area contributed by atoms with Crippen molar-refractivity contribution in [1.29, 1.82) is 0 Å². The third-order valence-electron chi connectivity index (χ3n) is 4.10. The number of aliphatic hydroxyl groups is 1. The zero-order valence-electron chi connectivity index (χ0n) is 13.6. The van der Waals surface area contributed by atoms with Crippen LogP contribution in [0.3, 0.4) is 0 Å². The highest BCUT2D eigenvalue weighted by atomic mass is 16.6. The standard InChI is InChI=1S/C15H24BNO5/c1-14(2,18)15(3,4)22-16(19)11-5-7-17-13(9-11)21-12-6-8-20-10-12/h5,7,9,12,18-19H,6,8,10H2,1-4H3. The molecule has 122 valence electrons. The van der Waals surface area contributed by atoms with Gasteiger partial charge in [-0.25, -0.2) is 4.98 Å². The molecule has 1 saturated heterocycles. The molecule has 1 aromatic heterocycles. The van der Waals surface area contributed by atoms with Gasteiger partial charge < -0.3 is 24.3 Å². The van der Waals surface area contributed by atoms with Gasteiger partial charge in [-0.1, -0.05) is 0 Å². The van der Waals surface area contributed by atoms with Gasteiger partial charge in [-0.15, -0.1) is 0 Å². The lowest BCUT2D eigenvalue weighted by Gasteiger charge is -2.38. The van der Waals surface area contributed by atoms with Gasteiger partial charge >= 0.3 is 7.12 Å². The molecule has 0 aliphatic carbocycles. The maximum absolute atomic E-state index is 10.3. The van der Waals surface area contributed by atoms with Crippen molar-refractivity contribution in [3.63, 3.8) is 0 Å². The summed E-state index contributed by atoms with van der Waals surface area (Å²) in [5.74, 6) is 0.428. The Hall–Kier alpha value is -1.15. The summed E-state index contributed by atoms with van der Waals surface area (Å²) in [6.45, 7) is 7.98. The first kappa shape index (κ1) is 17.2. The van der Waals surface area contributed by atoms with Crippen molar-refractivity contribution >= 4 is 12.6 Å². The van der Waals surface area contributed by atoms with E-state index in [0.717, 1.165) is 6.42 Å². The van der Waals surface area contributed by atoms with E-state index >= 15 is 0 Å². The average molecular weight is 309 g/mol. The molecular weight excluding hydrogens is 285 g/mol. The van der Waals surface area contributed by atoms with E-state index < -0.39 is 18.3 Å². The molecule has 7 heteroatoms. The number of hydrogen-bond donors (Lipinski definition) is 2. The maximum atomic E-state index is 10.3. The van der Waals surface area contributed by atoms with Crippen molar-refractivity contribution < 1.29 is 24.3 Å². The first-order valence-electron chi connectivity index (χ1n) is 7.48. The van der Waals surface area contributed by atoms with Crippen molar-refractivity contribution in [1.82, 2.24) is 4.98 Å². The first-order chi connectivity index (χ1) is 10.2. The van der Waals surface area contributed by atoms with Crippen LogP contribution in [-0.2, 0) is 9.39 Å². The minimum Gasteiger partial charge on any atom is -0.472 e. The summed E-state index contributed by atoms with van der Waals surface area (Å²) in [6, 6.07) is 3.30. The van der Waals surface area contributed by atoms with Crippen LogP contribution < -0.4 is 10.2 Å². The van der Waals surface area contributed by atoms with Gasteiger partial charge in [0.1, 0.15) is 6.10 Å². The Balaban J connectivity index is 2.05. The highest BCUT2D eigenvalue weighted by molar-refractivity contribution is 6.60. The van der Waals surface area contributed by atoms with Crippen molar-refractivity contribution in [2.45, 2.75) is 51.4 Å². The van der Waals surface area contributed by atoms with Crippen LogP contribution in [0.15, 0.2) is 18.3 Å². The fraction of sp³-hybridized carbons (Fsp3) is 0.667. The SMILES string of the molecule is CC(C)(O)C(C)(C)OB(O)c1ccnc(OC2CCOC2)c1. The highest BCUT2D eigenvalue weighted by Gasteiger charge is 2.39. The van der Waals surface area contributed by atoms with Gasteiger partial charge in [0, 0.05) is 18.7 Å². The van der Waals surface area contributed by atoms with E-state index in [9.17, 15) is 10.1 Å². The summed E-state index contributed by atoms with van der Waals surface area (Å²) in [5.41, 5.74) is -1.49. The van der Waals surface area contributed by atoms with Crippen LogP contribution in [0.25, 0.3) is 0 Å². The third-order valence-corrected chi connectivity index (χ3v) is 4.10. The second-order valence-corrected chi connectivity index (χ2v) is 6.57. The van der Waals surface area contributed by atoms with Gasteiger partial charge in [0.05, 0.1) is 24.4 Å². The molecule has 2 N–H and O–H groups in total. The smallest absolute Gasteiger partial charge is 0.472 e. The number of nitrogens with zero attached hydrogens (tertiary/aromatic N) is 1. The van der Waals surface area contributed by atoms with Crippen molar-refractivity contribution in [2.24, 2.45) is 0 Å². The van der Waals surface area contributed by atoms with E-state index in [4.69, 9.17) is 14.1 Å². The molecule has 1 unspecified atom stereocenters. The van der Waals surface area contributed by atoms with Gasteiger partial charge in [-0.2, -0.15) is 0 Å². The van der Waals surface area contributed by atoms with Gasteiger partial charge in [0.25, 0.3) is 0 Å². The third kappa shape index (κ3) is 4.19. The van der Waals surface area contributed by atoms with Crippen LogP contribution in [0.5, 0.6) is 5.88 Å². The second-order valence-electron chi connectivity index (χ2n) is 6.57. The Morgan fingerprint density at radius 3 is 2.68 bits per heavy atom. The normalized spacial score (nSPS) is 19.3. The van der Waals surface area contributed by atoms with Crippen LogP contribution in [0.4, 0.5) is 0 Å². The van der Waals surface area contributed by atoms with Crippen LogP contribution in [-0.4, -0.2) is 52.8 Å². The molecule has 0 saturated carbocycles. The predicted octanol–water partition coefficient (Wildman–Crippen LogP) is 0.503. The minimum absolute atomic E-state index is 0.00590. The molecule has 0 spiro atoms. The van der Waals surface area contributed by atoms with Gasteiger partial charge in [0.2, 0.25) is 5.88 Å². The number of hydrogen-bond acceptors (Lipinski definition) is 6. The molecular formula is C15H24BNO5. The van der Waals surface area contributed by atoms with Gasteiger partial charge in [-0.3, -0.25) is 0 Å². The average Bonchev–Trinajstić information content (AvgIpc) is 2.90. The lowest BCUT2D eigenvalue weighted by Crippen LogP contribution is -2.53. The number of aromatic nitrogens is 1. The molecule has 1 aromatic rings. The largest absolute Gasteiger partial charge is 0.491 e. The van der Waals surface area contributed by atoms with Gasteiger partial charge in [-0.05, 0) is 39.2 Å². The Morgan fingerprint density at radius 1 is 1.36 bits per heavy atom. The van der Waals surface area contributed by atoms with E-state index in [1.165, 1.54) is 0 Å². The first-order valence-corrected chi connectivity index (χ1v) is 7.48. The van der Waals surface area contributed by atoms with Crippen molar-refractivity contribution in [2.75, 3.05) is 13.2 Å². The molecule has 22 heavy (non-hydrogen) atoms. The van der Waals surface area contributed by atoms with E-state index in [1.54, 1.807) is 46.0 Å². The summed E-state index contributed by atoms with van der Waals surface area (Å²) < 4.78 is 16.6. The molecule has 2 heterocycles. The second kappa shape index (κ2) is 6.54. The topological polar surface area (TPSA) is 81.0 Å². The van der Waals surface area contributed by atoms with E-state index in [-0.39, 0.29) is 6.10 Å². The monoisotopic (exact) mass is 309 g/mol. The number of pyridine rings is 1. The van der Waals surface area contributed by atoms with E-state index in [0.29, 0.717) is 24.6 Å². The van der Waals surface area contributed by atoms with Crippen LogP contribution in [0, 0.1) is 0 Å². The Kier molecular flexibility index (Phi) is 5.12. The summed E-state index contributed by atoms with van der Waals surface area (Å²) in [4.78, 5) is 4.14. The molecule has 0 bridgehead atoms. The molecule has 1 aliphatic heterocycles. The van der Waals surface area contributed by atoms with Gasteiger partial charge in [0.15, 0.2) is 0 Å². The van der Waals surface area contributed by atoms with E-state index in [1.807, 2.05) is 0 Å². The quantitative estimate of drug-likeness (QED) is 0.745. The summed E-state index contributed by atoms with van der Waals surface area (Å²) in [7, 11) is -1.17. The maximum Gasteiger partial charge on any atom is 0.491 e.